The summed E-state index contributed by atoms with van der Waals surface area (Å²) in [5.41, 5.74) is 1.97. The second-order valence-electron chi connectivity index (χ2n) is 5.26. The van der Waals surface area contributed by atoms with Gasteiger partial charge in [0, 0.05) is 24.7 Å². The van der Waals surface area contributed by atoms with Gasteiger partial charge < -0.3 is 9.43 Å². The quantitative estimate of drug-likeness (QED) is 0.812. The van der Waals surface area contributed by atoms with Crippen LogP contribution >= 0.6 is 0 Å². The molecule has 0 atom stereocenters. The molecule has 1 aliphatic rings. The van der Waals surface area contributed by atoms with Crippen LogP contribution in [0.15, 0.2) is 57.9 Å². The third-order valence-electron chi connectivity index (χ3n) is 3.97. The SMILES string of the molecule is CCN(CC)N1C=CC=C(c2cc3ccccc3oc2=O)C1. The minimum Gasteiger partial charge on any atom is -0.422 e. The van der Waals surface area contributed by atoms with Crippen molar-refractivity contribution in [2.75, 3.05) is 19.6 Å². The number of fused-ring (bicyclic) bond motifs is 1. The van der Waals surface area contributed by atoms with Crippen molar-refractivity contribution < 1.29 is 4.42 Å². The monoisotopic (exact) mass is 296 g/mol. The average Bonchev–Trinajstić information content (AvgIpc) is 2.55. The molecule has 0 saturated carbocycles. The minimum atomic E-state index is -0.278. The molecule has 0 N–H and O–H groups in total. The Balaban J connectivity index is 1.97. The molecule has 3 rings (SSSR count). The molecule has 4 heteroatoms. The molecule has 0 fully saturated rings. The first-order chi connectivity index (χ1) is 10.7. The van der Waals surface area contributed by atoms with E-state index in [0.29, 0.717) is 17.7 Å². The highest BCUT2D eigenvalue weighted by molar-refractivity contribution is 5.81. The van der Waals surface area contributed by atoms with E-state index in [0.717, 1.165) is 24.0 Å². The van der Waals surface area contributed by atoms with Crippen molar-refractivity contribution in [1.29, 1.82) is 0 Å². The first-order valence-electron chi connectivity index (χ1n) is 7.65. The molecule has 114 valence electrons. The lowest BCUT2D eigenvalue weighted by Crippen LogP contribution is -2.40. The van der Waals surface area contributed by atoms with Gasteiger partial charge in [0.25, 0.3) is 0 Å². The number of benzene rings is 1. The van der Waals surface area contributed by atoms with Crippen LogP contribution in [0, 0.1) is 0 Å². The van der Waals surface area contributed by atoms with E-state index in [2.05, 4.69) is 23.9 Å². The van der Waals surface area contributed by atoms with Gasteiger partial charge in [0.2, 0.25) is 0 Å². The predicted octanol–water partition coefficient (Wildman–Crippen LogP) is 3.26. The summed E-state index contributed by atoms with van der Waals surface area (Å²) in [7, 11) is 0. The van der Waals surface area contributed by atoms with Gasteiger partial charge >= 0.3 is 5.63 Å². The van der Waals surface area contributed by atoms with Crippen LogP contribution in [0.5, 0.6) is 0 Å². The Kier molecular flexibility index (Phi) is 4.11. The Morgan fingerprint density at radius 2 is 2.00 bits per heavy atom. The van der Waals surface area contributed by atoms with E-state index in [1.165, 1.54) is 0 Å². The topological polar surface area (TPSA) is 36.7 Å². The maximum Gasteiger partial charge on any atom is 0.343 e. The molecule has 4 nitrogen and oxygen atoms in total. The molecule has 2 aromatic rings. The van der Waals surface area contributed by atoms with E-state index in [4.69, 9.17) is 4.42 Å². The number of hydrogen-bond donors (Lipinski definition) is 0. The number of para-hydroxylation sites is 1. The summed E-state index contributed by atoms with van der Waals surface area (Å²) in [6.07, 6.45) is 6.01. The van der Waals surface area contributed by atoms with E-state index in [-0.39, 0.29) is 5.63 Å². The molecule has 2 heterocycles. The second kappa shape index (κ2) is 6.20. The van der Waals surface area contributed by atoms with E-state index in [9.17, 15) is 4.79 Å². The fourth-order valence-corrected chi connectivity index (χ4v) is 2.78. The van der Waals surface area contributed by atoms with Gasteiger partial charge in [-0.2, -0.15) is 0 Å². The summed E-state index contributed by atoms with van der Waals surface area (Å²) in [5.74, 6) is 0. The van der Waals surface area contributed by atoms with Gasteiger partial charge in [-0.05, 0) is 23.8 Å². The van der Waals surface area contributed by atoms with Crippen molar-refractivity contribution >= 4 is 16.5 Å². The molecule has 0 bridgehead atoms. The molecular formula is C18H20N2O2. The number of rotatable bonds is 4. The van der Waals surface area contributed by atoms with Crippen LogP contribution in [0.25, 0.3) is 16.5 Å². The highest BCUT2D eigenvalue weighted by Gasteiger charge is 2.17. The summed E-state index contributed by atoms with van der Waals surface area (Å²) < 4.78 is 5.44. The molecule has 1 aromatic heterocycles. The van der Waals surface area contributed by atoms with Crippen molar-refractivity contribution in [3.63, 3.8) is 0 Å². The first kappa shape index (κ1) is 14.6. The normalized spacial score (nSPS) is 14.7. The maximum absolute atomic E-state index is 12.3. The Bertz CT molecular complexity index is 785. The molecule has 1 aliphatic heterocycles. The van der Waals surface area contributed by atoms with Crippen LogP contribution in [0.4, 0.5) is 0 Å². The van der Waals surface area contributed by atoms with Gasteiger partial charge in [-0.15, -0.1) is 0 Å². The Hall–Kier alpha value is -2.33. The first-order valence-corrected chi connectivity index (χ1v) is 7.65. The average molecular weight is 296 g/mol. The van der Waals surface area contributed by atoms with Crippen LogP contribution in [-0.2, 0) is 0 Å². The van der Waals surface area contributed by atoms with Gasteiger partial charge in [-0.25, -0.2) is 9.80 Å². The van der Waals surface area contributed by atoms with Crippen LogP contribution in [0.1, 0.15) is 19.4 Å². The van der Waals surface area contributed by atoms with Crippen LogP contribution in [0.2, 0.25) is 0 Å². The summed E-state index contributed by atoms with van der Waals surface area (Å²) in [6, 6.07) is 9.52. The Morgan fingerprint density at radius 1 is 1.23 bits per heavy atom. The molecular weight excluding hydrogens is 276 g/mol. The highest BCUT2D eigenvalue weighted by atomic mass is 16.4. The zero-order chi connectivity index (χ0) is 15.5. The van der Waals surface area contributed by atoms with Crippen molar-refractivity contribution in [3.05, 3.63) is 64.7 Å². The molecule has 0 saturated heterocycles. The Labute approximate surface area is 129 Å². The predicted molar refractivity (Wildman–Crippen MR) is 89.2 cm³/mol. The number of hydrogen-bond acceptors (Lipinski definition) is 4. The summed E-state index contributed by atoms with van der Waals surface area (Å²) in [6.45, 7) is 6.79. The van der Waals surface area contributed by atoms with Gasteiger partial charge in [0.15, 0.2) is 0 Å². The summed E-state index contributed by atoms with van der Waals surface area (Å²) in [4.78, 5) is 12.3. The van der Waals surface area contributed by atoms with Gasteiger partial charge in [-0.3, -0.25) is 0 Å². The van der Waals surface area contributed by atoms with Crippen molar-refractivity contribution in [3.8, 4) is 0 Å². The molecule has 0 radical (unpaired) electrons. The fourth-order valence-electron chi connectivity index (χ4n) is 2.78. The molecule has 0 unspecified atom stereocenters. The van der Waals surface area contributed by atoms with E-state index in [1.807, 2.05) is 48.7 Å². The number of nitrogens with zero attached hydrogens (tertiary/aromatic N) is 2. The summed E-state index contributed by atoms with van der Waals surface area (Å²) >= 11 is 0. The third-order valence-corrected chi connectivity index (χ3v) is 3.97. The lowest BCUT2D eigenvalue weighted by molar-refractivity contribution is 0.0455. The third kappa shape index (κ3) is 2.70. The lowest BCUT2D eigenvalue weighted by atomic mass is 10.0. The fraction of sp³-hybridized carbons (Fsp3) is 0.278. The molecule has 22 heavy (non-hydrogen) atoms. The number of hydrazine groups is 1. The second-order valence-corrected chi connectivity index (χ2v) is 5.26. The largest absolute Gasteiger partial charge is 0.422 e. The smallest absolute Gasteiger partial charge is 0.343 e. The lowest BCUT2D eigenvalue weighted by Gasteiger charge is -2.34. The Morgan fingerprint density at radius 3 is 2.77 bits per heavy atom. The van der Waals surface area contributed by atoms with Gasteiger partial charge in [-0.1, -0.05) is 38.1 Å². The zero-order valence-corrected chi connectivity index (χ0v) is 13.0. The number of allylic oxidation sites excluding steroid dienone is 2. The molecule has 1 aromatic carbocycles. The van der Waals surface area contributed by atoms with E-state index >= 15 is 0 Å². The van der Waals surface area contributed by atoms with Crippen molar-refractivity contribution in [1.82, 2.24) is 10.0 Å². The van der Waals surface area contributed by atoms with Crippen LogP contribution in [-0.4, -0.2) is 29.7 Å². The van der Waals surface area contributed by atoms with E-state index < -0.39 is 0 Å². The van der Waals surface area contributed by atoms with Crippen molar-refractivity contribution in [2.45, 2.75) is 13.8 Å². The van der Waals surface area contributed by atoms with E-state index in [1.54, 1.807) is 0 Å². The maximum atomic E-state index is 12.3. The standard InChI is InChI=1S/C18H20N2O2/c1-3-19(4-2)20-11-7-9-15(13-20)16-12-14-8-5-6-10-17(14)22-18(16)21/h5-12H,3-4,13H2,1-2H3. The van der Waals surface area contributed by atoms with Crippen molar-refractivity contribution in [2.24, 2.45) is 0 Å². The van der Waals surface area contributed by atoms with Gasteiger partial charge in [0.1, 0.15) is 5.58 Å². The minimum absolute atomic E-state index is 0.278. The van der Waals surface area contributed by atoms with Crippen LogP contribution in [0.3, 0.4) is 0 Å². The molecule has 0 aliphatic carbocycles. The van der Waals surface area contributed by atoms with Crippen LogP contribution < -0.4 is 5.63 Å². The highest BCUT2D eigenvalue weighted by Crippen LogP contribution is 2.21. The molecule has 0 spiro atoms. The molecule has 0 amide bonds. The van der Waals surface area contributed by atoms with Gasteiger partial charge in [0.05, 0.1) is 12.1 Å². The summed E-state index contributed by atoms with van der Waals surface area (Å²) in [5, 5.41) is 5.32. The zero-order valence-electron chi connectivity index (χ0n) is 13.0.